The molecule has 0 radical (unpaired) electrons. The summed E-state index contributed by atoms with van der Waals surface area (Å²) in [6, 6.07) is 0.274. The molecule has 2 rings (SSSR count). The first kappa shape index (κ1) is 9.97. The number of piperidine rings is 1. The Bertz CT molecular complexity index is 229. The molecule has 3 heteroatoms. The highest BCUT2D eigenvalue weighted by atomic mass is 16.4. The van der Waals surface area contributed by atoms with E-state index < -0.39 is 5.97 Å². The molecule has 14 heavy (non-hydrogen) atoms. The minimum Gasteiger partial charge on any atom is -0.480 e. The van der Waals surface area contributed by atoms with E-state index in [-0.39, 0.29) is 6.04 Å². The molecule has 1 aliphatic heterocycles. The van der Waals surface area contributed by atoms with Crippen molar-refractivity contribution in [1.29, 1.82) is 0 Å². The maximum absolute atomic E-state index is 10.9. The molecule has 0 aromatic heterocycles. The predicted octanol–water partition coefficient (Wildman–Crippen LogP) is 1.72. The Labute approximate surface area is 85.1 Å². The van der Waals surface area contributed by atoms with Gasteiger partial charge in [-0.15, -0.1) is 0 Å². The fourth-order valence-corrected chi connectivity index (χ4v) is 3.12. The second-order valence-electron chi connectivity index (χ2n) is 4.65. The van der Waals surface area contributed by atoms with Crippen molar-refractivity contribution in [1.82, 2.24) is 4.90 Å². The van der Waals surface area contributed by atoms with Crippen LogP contribution in [0.1, 0.15) is 39.0 Å². The number of nitrogens with zero attached hydrogens (tertiary/aromatic N) is 1. The van der Waals surface area contributed by atoms with Crippen molar-refractivity contribution in [2.45, 2.75) is 51.1 Å². The molecule has 80 valence electrons. The van der Waals surface area contributed by atoms with Gasteiger partial charge in [0.15, 0.2) is 0 Å². The van der Waals surface area contributed by atoms with Crippen molar-refractivity contribution in [2.75, 3.05) is 6.54 Å². The molecule has 2 fully saturated rings. The lowest BCUT2D eigenvalue weighted by atomic mass is 9.91. The highest BCUT2D eigenvalue weighted by molar-refractivity contribution is 5.73. The summed E-state index contributed by atoms with van der Waals surface area (Å²) >= 11 is 0. The van der Waals surface area contributed by atoms with Crippen LogP contribution in [0.2, 0.25) is 0 Å². The second-order valence-corrected chi connectivity index (χ2v) is 4.65. The van der Waals surface area contributed by atoms with E-state index in [0.717, 1.165) is 12.5 Å². The Morgan fingerprint density at radius 3 is 2.79 bits per heavy atom. The first-order chi connectivity index (χ1) is 6.70. The number of rotatable bonds is 2. The third kappa shape index (κ3) is 1.65. The number of carbonyl (C=O) groups is 1. The Balaban J connectivity index is 2.06. The van der Waals surface area contributed by atoms with Crippen molar-refractivity contribution in [3.63, 3.8) is 0 Å². The first-order valence-electron chi connectivity index (χ1n) is 5.68. The van der Waals surface area contributed by atoms with Gasteiger partial charge in [-0.1, -0.05) is 6.42 Å². The molecule has 0 aromatic carbocycles. The average molecular weight is 197 g/mol. The second kappa shape index (κ2) is 3.89. The van der Waals surface area contributed by atoms with Crippen molar-refractivity contribution in [3.8, 4) is 0 Å². The molecule has 3 nitrogen and oxygen atoms in total. The number of aliphatic carboxylic acids is 1. The number of carboxylic acids is 1. The Hall–Kier alpha value is -0.570. The predicted molar refractivity (Wildman–Crippen MR) is 54.2 cm³/mol. The average Bonchev–Trinajstić information content (AvgIpc) is 2.63. The topological polar surface area (TPSA) is 40.5 Å². The van der Waals surface area contributed by atoms with E-state index in [0.29, 0.717) is 6.04 Å². The molecule has 2 aliphatic rings. The lowest BCUT2D eigenvalue weighted by Crippen LogP contribution is -2.50. The van der Waals surface area contributed by atoms with Crippen LogP contribution in [0, 0.1) is 5.92 Å². The molecule has 0 bridgehead atoms. The van der Waals surface area contributed by atoms with Gasteiger partial charge in [0.1, 0.15) is 6.04 Å². The number of hydrogen-bond donors (Lipinski definition) is 1. The molecule has 1 N–H and O–H groups in total. The third-order valence-electron chi connectivity index (χ3n) is 3.89. The highest BCUT2D eigenvalue weighted by Crippen LogP contribution is 2.37. The van der Waals surface area contributed by atoms with Gasteiger partial charge >= 0.3 is 5.97 Å². The standard InChI is InChI=1S/C11H19NO2/c1-8(11(13)14)12-7-3-5-9-4-2-6-10(9)12/h8-10H,2-7H2,1H3,(H,13,14). The molecule has 0 spiro atoms. The number of carboxylic acid groups (broad SMARTS) is 1. The van der Waals surface area contributed by atoms with E-state index in [1.807, 2.05) is 6.92 Å². The van der Waals surface area contributed by atoms with Crippen molar-refractivity contribution >= 4 is 5.97 Å². The molecule has 1 saturated heterocycles. The summed E-state index contributed by atoms with van der Waals surface area (Å²) < 4.78 is 0. The van der Waals surface area contributed by atoms with Crippen LogP contribution in [0.15, 0.2) is 0 Å². The minimum atomic E-state index is -0.669. The van der Waals surface area contributed by atoms with E-state index in [1.54, 1.807) is 0 Å². The van der Waals surface area contributed by atoms with Crippen molar-refractivity contribution < 1.29 is 9.90 Å². The van der Waals surface area contributed by atoms with Gasteiger partial charge in [-0.3, -0.25) is 9.69 Å². The Morgan fingerprint density at radius 2 is 2.07 bits per heavy atom. The largest absolute Gasteiger partial charge is 0.480 e. The van der Waals surface area contributed by atoms with Crippen LogP contribution >= 0.6 is 0 Å². The SMILES string of the molecule is CC(C(=O)O)N1CCCC2CCCC21. The van der Waals surface area contributed by atoms with Crippen molar-refractivity contribution in [3.05, 3.63) is 0 Å². The van der Waals surface area contributed by atoms with E-state index in [4.69, 9.17) is 5.11 Å². The summed E-state index contributed by atoms with van der Waals surface area (Å²) in [6.07, 6.45) is 6.31. The zero-order valence-electron chi connectivity index (χ0n) is 8.78. The zero-order valence-corrected chi connectivity index (χ0v) is 8.78. The summed E-state index contributed by atoms with van der Waals surface area (Å²) in [5, 5.41) is 9.01. The Morgan fingerprint density at radius 1 is 1.36 bits per heavy atom. The van der Waals surface area contributed by atoms with E-state index in [2.05, 4.69) is 4.90 Å². The lowest BCUT2D eigenvalue weighted by Gasteiger charge is -2.39. The summed E-state index contributed by atoms with van der Waals surface area (Å²) in [6.45, 7) is 2.80. The first-order valence-corrected chi connectivity index (χ1v) is 5.68. The monoisotopic (exact) mass is 197 g/mol. The molecule has 1 saturated carbocycles. The molecule has 0 aromatic rings. The van der Waals surface area contributed by atoms with E-state index in [1.165, 1.54) is 32.1 Å². The van der Waals surface area contributed by atoms with Gasteiger partial charge in [0.05, 0.1) is 0 Å². The van der Waals surface area contributed by atoms with Crippen LogP contribution in [0.3, 0.4) is 0 Å². The fourth-order valence-electron chi connectivity index (χ4n) is 3.12. The molecule has 3 unspecified atom stereocenters. The van der Waals surface area contributed by atoms with Gasteiger partial charge in [-0.2, -0.15) is 0 Å². The normalized spacial score (nSPS) is 35.2. The van der Waals surface area contributed by atoms with Gasteiger partial charge in [-0.05, 0) is 45.1 Å². The smallest absolute Gasteiger partial charge is 0.320 e. The molecule has 1 aliphatic carbocycles. The maximum Gasteiger partial charge on any atom is 0.320 e. The van der Waals surface area contributed by atoms with Crippen LogP contribution in [0.25, 0.3) is 0 Å². The van der Waals surface area contributed by atoms with Gasteiger partial charge in [0.2, 0.25) is 0 Å². The number of likely N-dealkylation sites (tertiary alicyclic amines) is 1. The summed E-state index contributed by atoms with van der Waals surface area (Å²) in [5.41, 5.74) is 0. The fraction of sp³-hybridized carbons (Fsp3) is 0.909. The Kier molecular flexibility index (Phi) is 2.77. The quantitative estimate of drug-likeness (QED) is 0.732. The van der Waals surface area contributed by atoms with Crippen LogP contribution in [-0.4, -0.2) is 34.6 Å². The number of hydrogen-bond acceptors (Lipinski definition) is 2. The van der Waals surface area contributed by atoms with Crippen LogP contribution in [0.5, 0.6) is 0 Å². The summed E-state index contributed by atoms with van der Waals surface area (Å²) in [4.78, 5) is 13.2. The van der Waals surface area contributed by atoms with Crippen LogP contribution in [0.4, 0.5) is 0 Å². The van der Waals surface area contributed by atoms with Gasteiger partial charge in [-0.25, -0.2) is 0 Å². The third-order valence-corrected chi connectivity index (χ3v) is 3.89. The lowest BCUT2D eigenvalue weighted by molar-refractivity contribution is -0.144. The molecule has 1 heterocycles. The summed E-state index contributed by atoms with van der Waals surface area (Å²) in [5.74, 6) is 0.114. The van der Waals surface area contributed by atoms with Gasteiger partial charge in [0.25, 0.3) is 0 Å². The zero-order chi connectivity index (χ0) is 10.1. The highest BCUT2D eigenvalue weighted by Gasteiger charge is 2.38. The van der Waals surface area contributed by atoms with Crippen LogP contribution in [-0.2, 0) is 4.79 Å². The van der Waals surface area contributed by atoms with E-state index in [9.17, 15) is 4.79 Å². The molecular formula is C11H19NO2. The molecule has 0 amide bonds. The summed E-state index contributed by atoms with van der Waals surface area (Å²) in [7, 11) is 0. The van der Waals surface area contributed by atoms with Gasteiger partial charge in [0, 0.05) is 6.04 Å². The van der Waals surface area contributed by atoms with Crippen LogP contribution < -0.4 is 0 Å². The van der Waals surface area contributed by atoms with E-state index >= 15 is 0 Å². The van der Waals surface area contributed by atoms with Crippen molar-refractivity contribution in [2.24, 2.45) is 5.92 Å². The van der Waals surface area contributed by atoms with Gasteiger partial charge < -0.3 is 5.11 Å². The molecule has 3 atom stereocenters. The molecular weight excluding hydrogens is 178 g/mol. The minimum absolute atomic E-state index is 0.291. The number of fused-ring (bicyclic) bond motifs is 1. The maximum atomic E-state index is 10.9.